The highest BCUT2D eigenvalue weighted by molar-refractivity contribution is 7.91. The van der Waals surface area contributed by atoms with E-state index in [0.717, 1.165) is 88.6 Å². The summed E-state index contributed by atoms with van der Waals surface area (Å²) < 4.78 is 29.7. The zero-order chi connectivity index (χ0) is 36.0. The van der Waals surface area contributed by atoms with E-state index in [4.69, 9.17) is 4.98 Å². The second-order valence-corrected chi connectivity index (χ2v) is 16.2. The van der Waals surface area contributed by atoms with Gasteiger partial charge < -0.3 is 0 Å². The molecule has 9 aromatic rings. The summed E-state index contributed by atoms with van der Waals surface area (Å²) >= 11 is 0. The van der Waals surface area contributed by atoms with Crippen LogP contribution in [0, 0.1) is 0 Å². The predicted molar refractivity (Wildman–Crippen MR) is 218 cm³/mol. The first-order chi connectivity index (χ1) is 26.5. The SMILES string of the molecule is O=S1(=O)c2ccccc2C2(c3ccccc3-c3ccccc32)c2ccc(-c3cc(-c4ccc5ccccc5c4)nc(-c4ccc5ccccc5c4)c3)cc21. The first-order valence-corrected chi connectivity index (χ1v) is 19.7. The van der Waals surface area contributed by atoms with Gasteiger partial charge in [0.05, 0.1) is 26.6 Å². The smallest absolute Gasteiger partial charge is 0.207 e. The molecule has 1 aliphatic carbocycles. The van der Waals surface area contributed by atoms with Gasteiger partial charge in [0.25, 0.3) is 0 Å². The van der Waals surface area contributed by atoms with Crippen molar-refractivity contribution < 1.29 is 8.42 Å². The Bertz CT molecular complexity index is 3000. The van der Waals surface area contributed by atoms with Gasteiger partial charge in [-0.15, -0.1) is 0 Å². The molecule has 2 aliphatic rings. The molecule has 2 heterocycles. The molecule has 0 saturated heterocycles. The number of rotatable bonds is 3. The van der Waals surface area contributed by atoms with Crippen LogP contribution in [0.5, 0.6) is 0 Å². The van der Waals surface area contributed by atoms with Crippen molar-refractivity contribution in [3.63, 3.8) is 0 Å². The average Bonchev–Trinajstić information content (AvgIpc) is 3.53. The Morgan fingerprint density at radius 2 is 0.815 bits per heavy atom. The normalized spacial score (nSPS) is 14.4. The van der Waals surface area contributed by atoms with Gasteiger partial charge in [0.2, 0.25) is 9.84 Å². The second kappa shape index (κ2) is 11.4. The summed E-state index contributed by atoms with van der Waals surface area (Å²) in [5.41, 5.74) is 10.6. The largest absolute Gasteiger partial charge is 0.248 e. The van der Waals surface area contributed by atoms with Crippen molar-refractivity contribution in [2.75, 3.05) is 0 Å². The molecule has 0 atom stereocenters. The molecule has 0 fully saturated rings. The molecular formula is C50H31NO2S. The van der Waals surface area contributed by atoms with E-state index < -0.39 is 15.3 Å². The Morgan fingerprint density at radius 1 is 0.352 bits per heavy atom. The number of pyridine rings is 1. The van der Waals surface area contributed by atoms with Crippen molar-refractivity contribution in [2.24, 2.45) is 0 Å². The minimum Gasteiger partial charge on any atom is -0.248 e. The number of nitrogens with zero attached hydrogens (tertiary/aromatic N) is 1. The van der Waals surface area contributed by atoms with Crippen LogP contribution in [0.1, 0.15) is 22.3 Å². The molecule has 0 N–H and O–H groups in total. The standard InChI is InChI=1S/C50H31NO2S/c52-54(53)48-20-10-9-19-44(48)50(42-17-7-5-15-40(42)41-16-6-8-18-43(41)50)45-26-25-36(31-49(45)54)39-29-46(37-23-21-32-11-1-3-13-34(32)27-37)51-47(30-39)38-24-22-33-12-2-4-14-35(33)28-38/h1-31H. The minimum atomic E-state index is -3.89. The molecule has 0 bridgehead atoms. The Balaban J connectivity index is 1.17. The first kappa shape index (κ1) is 31.0. The van der Waals surface area contributed by atoms with Gasteiger partial charge in [0.15, 0.2) is 0 Å². The van der Waals surface area contributed by atoms with Crippen molar-refractivity contribution in [3.05, 3.63) is 210 Å². The van der Waals surface area contributed by atoms with E-state index >= 15 is 0 Å². The summed E-state index contributed by atoms with van der Waals surface area (Å²) in [6.45, 7) is 0. The lowest BCUT2D eigenvalue weighted by Crippen LogP contribution is -2.35. The Morgan fingerprint density at radius 3 is 1.41 bits per heavy atom. The molecular weight excluding hydrogens is 679 g/mol. The number of hydrogen-bond donors (Lipinski definition) is 0. The lowest BCUT2D eigenvalue weighted by atomic mass is 9.67. The van der Waals surface area contributed by atoms with Crippen LogP contribution >= 0.6 is 0 Å². The van der Waals surface area contributed by atoms with E-state index in [9.17, 15) is 8.42 Å². The highest BCUT2D eigenvalue weighted by Crippen LogP contribution is 2.61. The van der Waals surface area contributed by atoms with Gasteiger partial charge >= 0.3 is 0 Å². The third kappa shape index (κ3) is 4.35. The van der Waals surface area contributed by atoms with Crippen LogP contribution in [-0.2, 0) is 15.3 Å². The van der Waals surface area contributed by atoms with Gasteiger partial charge in [-0.3, -0.25) is 0 Å². The Hall–Kier alpha value is -6.62. The molecule has 1 spiro atoms. The lowest BCUT2D eigenvalue weighted by Gasteiger charge is -2.39. The van der Waals surface area contributed by atoms with Crippen molar-refractivity contribution in [2.45, 2.75) is 15.2 Å². The predicted octanol–water partition coefficient (Wildman–Crippen LogP) is 11.9. The van der Waals surface area contributed by atoms with Gasteiger partial charge in [0, 0.05) is 11.1 Å². The van der Waals surface area contributed by atoms with E-state index in [-0.39, 0.29) is 0 Å². The fraction of sp³-hybridized carbons (Fsp3) is 0.0200. The van der Waals surface area contributed by atoms with E-state index in [0.29, 0.717) is 9.79 Å². The zero-order valence-electron chi connectivity index (χ0n) is 29.1. The minimum absolute atomic E-state index is 0.335. The van der Waals surface area contributed by atoms with Gasteiger partial charge in [-0.1, -0.05) is 152 Å². The summed E-state index contributed by atoms with van der Waals surface area (Å²) in [7, 11) is -3.89. The van der Waals surface area contributed by atoms with Crippen LogP contribution in [0.4, 0.5) is 0 Å². The molecule has 0 radical (unpaired) electrons. The number of hydrogen-bond acceptors (Lipinski definition) is 3. The highest BCUT2D eigenvalue weighted by atomic mass is 32.2. The number of fused-ring (bicyclic) bond motifs is 11. The summed E-state index contributed by atoms with van der Waals surface area (Å²) in [6.07, 6.45) is 0. The fourth-order valence-corrected chi connectivity index (χ4v) is 10.8. The van der Waals surface area contributed by atoms with Crippen LogP contribution in [0.15, 0.2) is 198 Å². The van der Waals surface area contributed by atoms with E-state index in [2.05, 4.69) is 146 Å². The zero-order valence-corrected chi connectivity index (χ0v) is 29.9. The van der Waals surface area contributed by atoms with Crippen molar-refractivity contribution >= 4 is 31.4 Å². The Kier molecular flexibility index (Phi) is 6.56. The van der Waals surface area contributed by atoms with Gasteiger partial charge in [-0.2, -0.15) is 0 Å². The third-order valence-electron chi connectivity index (χ3n) is 11.5. The summed E-state index contributed by atoms with van der Waals surface area (Å²) in [6, 6.07) is 64.2. The first-order valence-electron chi connectivity index (χ1n) is 18.2. The maximum Gasteiger partial charge on any atom is 0.207 e. The van der Waals surface area contributed by atoms with Gasteiger partial charge in [0.1, 0.15) is 0 Å². The van der Waals surface area contributed by atoms with Crippen LogP contribution in [-0.4, -0.2) is 13.4 Å². The summed E-state index contributed by atoms with van der Waals surface area (Å²) in [5, 5.41) is 4.60. The molecule has 11 rings (SSSR count). The maximum absolute atomic E-state index is 14.9. The molecule has 8 aromatic carbocycles. The lowest BCUT2D eigenvalue weighted by molar-refractivity contribution is 0.580. The monoisotopic (exact) mass is 709 g/mol. The molecule has 1 aliphatic heterocycles. The number of benzene rings is 8. The number of sulfone groups is 1. The quantitative estimate of drug-likeness (QED) is 0.183. The van der Waals surface area contributed by atoms with Crippen molar-refractivity contribution in [1.82, 2.24) is 4.98 Å². The van der Waals surface area contributed by atoms with E-state index in [1.807, 2.05) is 36.4 Å². The molecule has 4 heteroatoms. The molecule has 1 aromatic heterocycles. The van der Waals surface area contributed by atoms with Crippen LogP contribution in [0.2, 0.25) is 0 Å². The Labute approximate surface area is 313 Å². The molecule has 0 unspecified atom stereocenters. The highest BCUT2D eigenvalue weighted by Gasteiger charge is 2.53. The van der Waals surface area contributed by atoms with Crippen LogP contribution < -0.4 is 0 Å². The summed E-state index contributed by atoms with van der Waals surface area (Å²) in [4.78, 5) is 5.93. The molecule has 254 valence electrons. The van der Waals surface area contributed by atoms with Crippen LogP contribution in [0.25, 0.3) is 66.3 Å². The van der Waals surface area contributed by atoms with Gasteiger partial charge in [-0.05, 0) is 102 Å². The average molecular weight is 710 g/mol. The molecule has 0 amide bonds. The number of aromatic nitrogens is 1. The third-order valence-corrected chi connectivity index (χ3v) is 13.3. The van der Waals surface area contributed by atoms with Crippen molar-refractivity contribution in [3.8, 4) is 44.8 Å². The maximum atomic E-state index is 14.9. The van der Waals surface area contributed by atoms with Crippen molar-refractivity contribution in [1.29, 1.82) is 0 Å². The molecule has 0 saturated carbocycles. The van der Waals surface area contributed by atoms with Crippen LogP contribution in [0.3, 0.4) is 0 Å². The molecule has 3 nitrogen and oxygen atoms in total. The fourth-order valence-electron chi connectivity index (χ4n) is 9.01. The molecule has 54 heavy (non-hydrogen) atoms. The second-order valence-electron chi connectivity index (χ2n) is 14.3. The van der Waals surface area contributed by atoms with Gasteiger partial charge in [-0.25, -0.2) is 13.4 Å². The summed E-state index contributed by atoms with van der Waals surface area (Å²) in [5.74, 6) is 0. The van der Waals surface area contributed by atoms with E-state index in [1.54, 1.807) is 6.07 Å². The van der Waals surface area contributed by atoms with E-state index in [1.165, 1.54) is 0 Å². The topological polar surface area (TPSA) is 47.0 Å².